The minimum absolute atomic E-state index is 0.244. The number of carboxylic acids is 1. The van der Waals surface area contributed by atoms with E-state index in [4.69, 9.17) is 15.3 Å². The predicted molar refractivity (Wildman–Crippen MR) is 64.5 cm³/mol. The van der Waals surface area contributed by atoms with Gasteiger partial charge in [-0.1, -0.05) is 0 Å². The molecule has 0 unspecified atom stereocenters. The van der Waals surface area contributed by atoms with E-state index in [0.717, 1.165) is 0 Å². The van der Waals surface area contributed by atoms with E-state index in [2.05, 4.69) is 12.6 Å². The number of amides is 1. The lowest BCUT2D eigenvalue weighted by Crippen LogP contribution is -2.54. The van der Waals surface area contributed by atoms with Crippen LogP contribution >= 0.6 is 12.6 Å². The molecule has 9 nitrogen and oxygen atoms in total. The number of aliphatic carboxylic acids is 1. The Morgan fingerprint density at radius 3 is 2.00 bits per heavy atom. The zero-order chi connectivity index (χ0) is 15.2. The molecule has 112 valence electrons. The molecule has 0 aliphatic carbocycles. The van der Waals surface area contributed by atoms with Gasteiger partial charge in [0.1, 0.15) is 24.4 Å². The van der Waals surface area contributed by atoms with Crippen molar-refractivity contribution in [3.63, 3.8) is 0 Å². The van der Waals surface area contributed by atoms with Gasteiger partial charge < -0.3 is 36.0 Å². The summed E-state index contributed by atoms with van der Waals surface area (Å²) < 4.78 is 0. The first kappa shape index (κ1) is 18.1. The third-order valence-electron chi connectivity index (χ3n) is 2.32. The van der Waals surface area contributed by atoms with Gasteiger partial charge in [0.25, 0.3) is 5.91 Å². The van der Waals surface area contributed by atoms with Crippen molar-refractivity contribution in [2.24, 2.45) is 0 Å². The highest BCUT2D eigenvalue weighted by atomic mass is 32.1. The van der Waals surface area contributed by atoms with Crippen LogP contribution in [0.5, 0.6) is 0 Å². The molecule has 0 saturated heterocycles. The summed E-state index contributed by atoms with van der Waals surface area (Å²) in [4.78, 5) is 22.0. The normalized spacial score (nSPS) is 19.1. The number of nitrogens with one attached hydrogen (secondary N) is 1. The Kier molecular flexibility index (Phi) is 7.90. The van der Waals surface area contributed by atoms with Gasteiger partial charge in [0.15, 0.2) is 6.10 Å². The summed E-state index contributed by atoms with van der Waals surface area (Å²) in [5.41, 5.74) is 0. The van der Waals surface area contributed by atoms with Crippen molar-refractivity contribution in [3.05, 3.63) is 0 Å². The number of carbonyl (C=O) groups excluding carboxylic acids is 1. The highest BCUT2D eigenvalue weighted by molar-refractivity contribution is 7.80. The van der Waals surface area contributed by atoms with Crippen LogP contribution in [0.4, 0.5) is 0 Å². The van der Waals surface area contributed by atoms with Crippen LogP contribution in [0.2, 0.25) is 0 Å². The fourth-order valence-electron chi connectivity index (χ4n) is 1.12. The van der Waals surface area contributed by atoms with Gasteiger partial charge in [-0.15, -0.1) is 0 Å². The van der Waals surface area contributed by atoms with Gasteiger partial charge in [-0.2, -0.15) is 12.6 Å². The van der Waals surface area contributed by atoms with E-state index < -0.39 is 48.9 Å². The standard InChI is InChI=1S/C9H17NO8S/c11-1-4(12)5(13)6(14)7(15)8(16)10-3(2-19)9(17)18/h3-7,11-15,19H,1-2H2,(H,10,16)(H,17,18)/t3-,4+,5+,6-,7+/m0/s1. The molecule has 0 radical (unpaired) electrons. The Morgan fingerprint density at radius 2 is 1.63 bits per heavy atom. The van der Waals surface area contributed by atoms with Crippen LogP contribution in [-0.4, -0.2) is 85.3 Å². The Balaban J connectivity index is 4.59. The fraction of sp³-hybridized carbons (Fsp3) is 0.778. The van der Waals surface area contributed by atoms with E-state index in [1.807, 2.05) is 5.32 Å². The number of hydrogen-bond acceptors (Lipinski definition) is 8. The van der Waals surface area contributed by atoms with Crippen LogP contribution in [0.25, 0.3) is 0 Å². The number of hydrogen-bond donors (Lipinski definition) is 8. The molecule has 0 bridgehead atoms. The average Bonchev–Trinajstić information content (AvgIpc) is 2.40. The number of rotatable bonds is 8. The van der Waals surface area contributed by atoms with Crippen molar-refractivity contribution in [2.75, 3.05) is 12.4 Å². The lowest BCUT2D eigenvalue weighted by molar-refractivity contribution is -0.152. The lowest BCUT2D eigenvalue weighted by Gasteiger charge is -2.25. The van der Waals surface area contributed by atoms with E-state index >= 15 is 0 Å². The molecular formula is C9H17NO8S. The number of aliphatic hydroxyl groups excluding tert-OH is 5. The molecule has 0 spiro atoms. The highest BCUT2D eigenvalue weighted by Crippen LogP contribution is 2.06. The van der Waals surface area contributed by atoms with Crippen LogP contribution in [0.15, 0.2) is 0 Å². The molecule has 0 heterocycles. The number of thiol groups is 1. The smallest absolute Gasteiger partial charge is 0.327 e. The summed E-state index contributed by atoms with van der Waals surface area (Å²) in [6.07, 6.45) is -7.97. The van der Waals surface area contributed by atoms with Crippen molar-refractivity contribution in [1.29, 1.82) is 0 Å². The maximum absolute atomic E-state index is 11.4. The molecule has 1 amide bonds. The first-order valence-corrected chi connectivity index (χ1v) is 5.86. The van der Waals surface area contributed by atoms with Gasteiger partial charge in [-0.25, -0.2) is 4.79 Å². The van der Waals surface area contributed by atoms with Crippen LogP contribution < -0.4 is 5.32 Å². The molecule has 0 aromatic carbocycles. The van der Waals surface area contributed by atoms with Crippen molar-refractivity contribution in [1.82, 2.24) is 5.32 Å². The van der Waals surface area contributed by atoms with Crippen molar-refractivity contribution >= 4 is 24.5 Å². The summed E-state index contributed by atoms with van der Waals surface area (Å²) in [5, 5.41) is 56.2. The largest absolute Gasteiger partial charge is 0.480 e. The zero-order valence-electron chi connectivity index (χ0n) is 9.75. The predicted octanol–water partition coefficient (Wildman–Crippen LogP) is -4.08. The van der Waals surface area contributed by atoms with Gasteiger partial charge in [0.2, 0.25) is 0 Å². The topological polar surface area (TPSA) is 168 Å². The van der Waals surface area contributed by atoms with Crippen LogP contribution in [0, 0.1) is 0 Å². The molecule has 0 saturated carbocycles. The van der Waals surface area contributed by atoms with Crippen molar-refractivity contribution in [3.8, 4) is 0 Å². The second kappa shape index (κ2) is 8.30. The molecule has 0 aromatic rings. The van der Waals surface area contributed by atoms with Gasteiger partial charge in [0, 0.05) is 5.75 Å². The first-order chi connectivity index (χ1) is 8.76. The van der Waals surface area contributed by atoms with Crippen LogP contribution in [0.3, 0.4) is 0 Å². The summed E-state index contributed by atoms with van der Waals surface area (Å²) in [6.45, 7) is -0.888. The molecule has 0 fully saturated rings. The summed E-state index contributed by atoms with van der Waals surface area (Å²) >= 11 is 3.68. The summed E-state index contributed by atoms with van der Waals surface area (Å²) in [5.74, 6) is -2.88. The summed E-state index contributed by atoms with van der Waals surface area (Å²) in [7, 11) is 0. The minimum atomic E-state index is -2.17. The maximum Gasteiger partial charge on any atom is 0.327 e. The molecule has 0 aromatic heterocycles. The Labute approximate surface area is 113 Å². The van der Waals surface area contributed by atoms with Gasteiger partial charge in [-0.05, 0) is 0 Å². The van der Waals surface area contributed by atoms with Crippen molar-refractivity contribution in [2.45, 2.75) is 30.5 Å². The second-order valence-corrected chi connectivity index (χ2v) is 4.12. The van der Waals surface area contributed by atoms with Crippen LogP contribution in [0.1, 0.15) is 0 Å². The maximum atomic E-state index is 11.4. The average molecular weight is 299 g/mol. The minimum Gasteiger partial charge on any atom is -0.480 e. The third-order valence-corrected chi connectivity index (χ3v) is 2.69. The van der Waals surface area contributed by atoms with Gasteiger partial charge in [-0.3, -0.25) is 4.79 Å². The molecule has 7 N–H and O–H groups in total. The zero-order valence-corrected chi connectivity index (χ0v) is 10.6. The molecular weight excluding hydrogens is 282 g/mol. The Morgan fingerprint density at radius 1 is 1.11 bits per heavy atom. The Bertz CT molecular complexity index is 315. The van der Waals surface area contributed by atoms with E-state index in [9.17, 15) is 24.9 Å². The molecule has 0 aliphatic rings. The molecule has 19 heavy (non-hydrogen) atoms. The molecule has 10 heteroatoms. The van der Waals surface area contributed by atoms with Gasteiger partial charge >= 0.3 is 5.97 Å². The summed E-state index contributed by atoms with van der Waals surface area (Å²) in [6, 6.07) is -1.38. The molecule has 0 rings (SSSR count). The third kappa shape index (κ3) is 5.30. The number of aliphatic hydroxyl groups is 5. The quantitative estimate of drug-likeness (QED) is 0.209. The molecule has 5 atom stereocenters. The number of carbonyl (C=O) groups is 2. The SMILES string of the molecule is O=C(O)[C@H](CS)NC(=O)[C@H](O)[C@@H](O)[C@H](O)[C@H](O)CO. The van der Waals surface area contributed by atoms with Gasteiger partial charge in [0.05, 0.1) is 6.61 Å². The van der Waals surface area contributed by atoms with Crippen LogP contribution in [-0.2, 0) is 9.59 Å². The fourth-order valence-corrected chi connectivity index (χ4v) is 1.37. The van der Waals surface area contributed by atoms with E-state index in [0.29, 0.717) is 0 Å². The van der Waals surface area contributed by atoms with E-state index in [1.54, 1.807) is 0 Å². The Hall–Kier alpha value is -0.910. The molecule has 0 aliphatic heterocycles. The first-order valence-electron chi connectivity index (χ1n) is 5.23. The number of carboxylic acid groups (broad SMARTS) is 1. The monoisotopic (exact) mass is 299 g/mol. The second-order valence-electron chi connectivity index (χ2n) is 3.76. The van der Waals surface area contributed by atoms with E-state index in [-0.39, 0.29) is 5.75 Å². The van der Waals surface area contributed by atoms with E-state index in [1.165, 1.54) is 0 Å². The highest BCUT2D eigenvalue weighted by Gasteiger charge is 2.35. The lowest BCUT2D eigenvalue weighted by atomic mass is 10.0. The van der Waals surface area contributed by atoms with Crippen molar-refractivity contribution < 1.29 is 40.2 Å².